The molecule has 102 valence electrons. The zero-order valence-electron chi connectivity index (χ0n) is 10.2. The number of nitrogens with zero attached hydrogens (tertiary/aromatic N) is 2. The number of nitrogens with one attached hydrogen (secondary N) is 1. The molecule has 7 nitrogen and oxygen atoms in total. The van der Waals surface area contributed by atoms with Crippen LogP contribution in [0.2, 0.25) is 0 Å². The first kappa shape index (κ1) is 14.9. The van der Waals surface area contributed by atoms with Crippen LogP contribution in [0.5, 0.6) is 0 Å². The number of amides is 1. The van der Waals surface area contributed by atoms with E-state index in [1.807, 2.05) is 0 Å². The number of nitrogens with two attached hydrogens (primary N) is 1. The van der Waals surface area contributed by atoms with Gasteiger partial charge >= 0.3 is 0 Å². The summed E-state index contributed by atoms with van der Waals surface area (Å²) >= 11 is 1.26. The van der Waals surface area contributed by atoms with E-state index in [1.54, 1.807) is 5.38 Å². The molecule has 1 heterocycles. The van der Waals surface area contributed by atoms with Gasteiger partial charge in [0.1, 0.15) is 0 Å². The van der Waals surface area contributed by atoms with Gasteiger partial charge < -0.3 is 11.1 Å². The van der Waals surface area contributed by atoms with Crippen LogP contribution in [0, 0.1) is 0 Å². The van der Waals surface area contributed by atoms with Gasteiger partial charge in [0, 0.05) is 26.0 Å². The van der Waals surface area contributed by atoms with E-state index in [0.29, 0.717) is 10.8 Å². The van der Waals surface area contributed by atoms with Crippen molar-refractivity contribution in [1.29, 1.82) is 0 Å². The fourth-order valence-corrected chi connectivity index (χ4v) is 2.42. The van der Waals surface area contributed by atoms with Crippen LogP contribution in [0.3, 0.4) is 0 Å². The molecule has 1 aromatic heterocycles. The molecule has 0 saturated heterocycles. The topological polar surface area (TPSA) is 105 Å². The van der Waals surface area contributed by atoms with E-state index in [1.165, 1.54) is 25.4 Å². The zero-order chi connectivity index (χ0) is 13.8. The monoisotopic (exact) mass is 292 g/mol. The summed E-state index contributed by atoms with van der Waals surface area (Å²) in [5.41, 5.74) is 6.02. The highest BCUT2D eigenvalue weighted by Crippen LogP contribution is 2.11. The lowest BCUT2D eigenvalue weighted by Crippen LogP contribution is -2.34. The Morgan fingerprint density at radius 2 is 2.22 bits per heavy atom. The SMILES string of the molecule is CN(C)S(=O)(=O)CCNC(=O)Cc1csc(N)n1. The second-order valence-corrected chi connectivity index (χ2v) is 6.99. The summed E-state index contributed by atoms with van der Waals surface area (Å²) in [7, 11) is -0.370. The summed E-state index contributed by atoms with van der Waals surface area (Å²) in [5, 5.41) is 4.64. The van der Waals surface area contributed by atoms with Gasteiger partial charge in [-0.15, -0.1) is 11.3 Å². The Morgan fingerprint density at radius 3 is 2.72 bits per heavy atom. The van der Waals surface area contributed by atoms with E-state index in [-0.39, 0.29) is 24.6 Å². The third-order valence-electron chi connectivity index (χ3n) is 2.15. The van der Waals surface area contributed by atoms with Crippen LogP contribution in [0.15, 0.2) is 5.38 Å². The Hall–Kier alpha value is -1.19. The maximum absolute atomic E-state index is 11.5. The van der Waals surface area contributed by atoms with E-state index < -0.39 is 10.0 Å². The standard InChI is InChI=1S/C9H16N4O3S2/c1-13(2)18(15,16)4-3-11-8(14)5-7-6-17-9(10)12-7/h6H,3-5H2,1-2H3,(H2,10,12)(H,11,14). The highest BCUT2D eigenvalue weighted by atomic mass is 32.2. The molecular weight excluding hydrogens is 276 g/mol. The van der Waals surface area contributed by atoms with Crippen molar-refractivity contribution < 1.29 is 13.2 Å². The molecule has 0 aromatic carbocycles. The highest BCUT2D eigenvalue weighted by molar-refractivity contribution is 7.89. The minimum absolute atomic E-state index is 0.0823. The molecule has 9 heteroatoms. The molecule has 0 radical (unpaired) electrons. The maximum atomic E-state index is 11.5. The maximum Gasteiger partial charge on any atom is 0.226 e. The van der Waals surface area contributed by atoms with Gasteiger partial charge in [-0.3, -0.25) is 4.79 Å². The first-order valence-corrected chi connectivity index (χ1v) is 7.67. The zero-order valence-corrected chi connectivity index (χ0v) is 11.8. The largest absolute Gasteiger partial charge is 0.375 e. The average Bonchev–Trinajstić information content (AvgIpc) is 2.63. The fourth-order valence-electron chi connectivity index (χ4n) is 1.13. The summed E-state index contributed by atoms with van der Waals surface area (Å²) < 4.78 is 24.0. The minimum atomic E-state index is -3.28. The smallest absolute Gasteiger partial charge is 0.226 e. The van der Waals surface area contributed by atoms with Gasteiger partial charge in [0.2, 0.25) is 15.9 Å². The number of anilines is 1. The number of sulfonamides is 1. The number of nitrogen functional groups attached to an aromatic ring is 1. The molecule has 0 aliphatic carbocycles. The van der Waals surface area contributed by atoms with Gasteiger partial charge in [-0.05, 0) is 0 Å². The van der Waals surface area contributed by atoms with Crippen molar-refractivity contribution in [1.82, 2.24) is 14.6 Å². The Bertz CT molecular complexity index is 510. The lowest BCUT2D eigenvalue weighted by atomic mass is 10.3. The van der Waals surface area contributed by atoms with Crippen LogP contribution in [-0.4, -0.2) is 50.0 Å². The number of thiazole rings is 1. The summed E-state index contributed by atoms with van der Waals surface area (Å²) in [5.74, 6) is -0.389. The van der Waals surface area contributed by atoms with Crippen molar-refractivity contribution in [2.75, 3.05) is 32.1 Å². The molecule has 0 unspecified atom stereocenters. The van der Waals surface area contributed by atoms with Crippen molar-refractivity contribution >= 4 is 32.4 Å². The van der Waals surface area contributed by atoms with Gasteiger partial charge in [0.05, 0.1) is 17.9 Å². The molecule has 0 aliphatic heterocycles. The van der Waals surface area contributed by atoms with E-state index in [9.17, 15) is 13.2 Å². The molecule has 1 amide bonds. The normalized spacial score (nSPS) is 11.7. The van der Waals surface area contributed by atoms with Gasteiger partial charge in [0.25, 0.3) is 0 Å². The van der Waals surface area contributed by atoms with Crippen molar-refractivity contribution in [2.45, 2.75) is 6.42 Å². The van der Waals surface area contributed by atoms with E-state index >= 15 is 0 Å². The molecule has 1 aromatic rings. The minimum Gasteiger partial charge on any atom is -0.375 e. The van der Waals surface area contributed by atoms with Crippen LogP contribution in [0.25, 0.3) is 0 Å². The van der Waals surface area contributed by atoms with Crippen LogP contribution >= 0.6 is 11.3 Å². The van der Waals surface area contributed by atoms with Crippen LogP contribution in [-0.2, 0) is 21.2 Å². The number of rotatable bonds is 6. The Kier molecular flexibility index (Phi) is 5.05. The molecule has 0 bridgehead atoms. The molecule has 0 fully saturated rings. The number of carbonyl (C=O) groups excluding carboxylic acids is 1. The quantitative estimate of drug-likeness (QED) is 0.719. The third kappa shape index (κ3) is 4.59. The molecule has 3 N–H and O–H groups in total. The second-order valence-electron chi connectivity index (χ2n) is 3.80. The van der Waals surface area contributed by atoms with Crippen molar-refractivity contribution in [3.63, 3.8) is 0 Å². The molecule has 1 rings (SSSR count). The summed E-state index contributed by atoms with van der Waals surface area (Å²) in [6, 6.07) is 0. The molecule has 18 heavy (non-hydrogen) atoms. The summed E-state index contributed by atoms with van der Waals surface area (Å²) in [6.45, 7) is 0.0823. The Balaban J connectivity index is 2.34. The number of hydrogen-bond donors (Lipinski definition) is 2. The molecule has 0 atom stereocenters. The molecule has 0 aliphatic rings. The van der Waals surface area contributed by atoms with Gasteiger partial charge in [-0.25, -0.2) is 17.7 Å². The third-order valence-corrected chi connectivity index (χ3v) is 4.71. The van der Waals surface area contributed by atoms with Crippen LogP contribution in [0.4, 0.5) is 5.13 Å². The van der Waals surface area contributed by atoms with Gasteiger partial charge in [-0.2, -0.15) is 0 Å². The lowest BCUT2D eigenvalue weighted by molar-refractivity contribution is -0.120. The van der Waals surface area contributed by atoms with E-state index in [0.717, 1.165) is 4.31 Å². The second kappa shape index (κ2) is 6.12. The summed E-state index contributed by atoms with van der Waals surface area (Å²) in [4.78, 5) is 15.4. The van der Waals surface area contributed by atoms with E-state index in [4.69, 9.17) is 5.73 Å². The highest BCUT2D eigenvalue weighted by Gasteiger charge is 2.14. The molecule has 0 spiro atoms. The van der Waals surface area contributed by atoms with Crippen LogP contribution < -0.4 is 11.1 Å². The number of hydrogen-bond acceptors (Lipinski definition) is 6. The Morgan fingerprint density at radius 1 is 1.56 bits per heavy atom. The first-order valence-electron chi connectivity index (χ1n) is 5.18. The number of aromatic nitrogens is 1. The fraction of sp³-hybridized carbons (Fsp3) is 0.556. The van der Waals surface area contributed by atoms with E-state index in [2.05, 4.69) is 10.3 Å². The van der Waals surface area contributed by atoms with Gasteiger partial charge in [-0.1, -0.05) is 0 Å². The predicted octanol–water partition coefficient (Wildman–Crippen LogP) is -0.725. The van der Waals surface area contributed by atoms with Crippen LogP contribution in [0.1, 0.15) is 5.69 Å². The van der Waals surface area contributed by atoms with Crippen molar-refractivity contribution in [2.24, 2.45) is 0 Å². The first-order chi connectivity index (χ1) is 8.31. The summed E-state index contributed by atoms with van der Waals surface area (Å²) in [6.07, 6.45) is 0.107. The Labute approximate surface area is 110 Å². The van der Waals surface area contributed by atoms with Gasteiger partial charge in [0.15, 0.2) is 5.13 Å². The average molecular weight is 292 g/mol. The van der Waals surface area contributed by atoms with Crippen molar-refractivity contribution in [3.8, 4) is 0 Å². The number of carbonyl (C=O) groups is 1. The lowest BCUT2D eigenvalue weighted by Gasteiger charge is -2.11. The molecular formula is C9H16N4O3S2. The van der Waals surface area contributed by atoms with Crippen molar-refractivity contribution in [3.05, 3.63) is 11.1 Å². The molecule has 0 saturated carbocycles. The predicted molar refractivity (Wildman–Crippen MR) is 70.7 cm³/mol.